The smallest absolute Gasteiger partial charge is 0.335 e. The van der Waals surface area contributed by atoms with E-state index >= 15 is 0 Å². The number of hydrogen-bond donors (Lipinski definition) is 1. The van der Waals surface area contributed by atoms with Gasteiger partial charge in [-0.05, 0) is 12.1 Å². The zero-order valence-corrected chi connectivity index (χ0v) is 11.3. The summed E-state index contributed by atoms with van der Waals surface area (Å²) in [7, 11) is 0. The first-order chi connectivity index (χ1) is 10.0. The fourth-order valence-electron chi connectivity index (χ4n) is 2.16. The second kappa shape index (κ2) is 4.97. The van der Waals surface area contributed by atoms with Crippen LogP contribution in [0.5, 0.6) is 0 Å². The molecule has 1 aliphatic heterocycles. The average Bonchev–Trinajstić information content (AvgIpc) is 2.86. The van der Waals surface area contributed by atoms with E-state index in [0.717, 1.165) is 0 Å². The molecule has 1 amide bonds. The Morgan fingerprint density at radius 2 is 2.10 bits per heavy atom. The summed E-state index contributed by atoms with van der Waals surface area (Å²) in [5.41, 5.74) is 1.13. The molecule has 0 aromatic carbocycles. The van der Waals surface area contributed by atoms with Crippen LogP contribution in [0.1, 0.15) is 23.3 Å². The van der Waals surface area contributed by atoms with Crippen LogP contribution < -0.4 is 0 Å². The number of hydrogen-bond acceptors (Lipinski definition) is 5. The molecule has 2 aromatic heterocycles. The quantitative estimate of drug-likeness (QED) is 0.879. The van der Waals surface area contributed by atoms with Crippen LogP contribution in [0.3, 0.4) is 0 Å². The van der Waals surface area contributed by atoms with Crippen molar-refractivity contribution in [3.05, 3.63) is 30.1 Å². The van der Waals surface area contributed by atoms with Crippen LogP contribution in [-0.2, 0) is 4.79 Å². The Labute approximate surface area is 120 Å². The number of pyridine rings is 1. The van der Waals surface area contributed by atoms with Crippen LogP contribution in [-0.4, -0.2) is 55.0 Å². The fraction of sp³-hybridized carbons (Fsp3) is 0.308. The number of nitrogens with zero attached hydrogens (tertiary/aromatic N) is 5. The van der Waals surface area contributed by atoms with Crippen molar-refractivity contribution in [3.63, 3.8) is 0 Å². The first-order valence-electron chi connectivity index (χ1n) is 6.41. The molecule has 0 radical (unpaired) electrons. The Balaban J connectivity index is 1.78. The van der Waals surface area contributed by atoms with Crippen molar-refractivity contribution in [1.29, 1.82) is 0 Å². The number of carboxylic acid groups (broad SMARTS) is 1. The van der Waals surface area contributed by atoms with Crippen molar-refractivity contribution < 1.29 is 14.7 Å². The summed E-state index contributed by atoms with van der Waals surface area (Å²) < 4.78 is 1.68. The van der Waals surface area contributed by atoms with Gasteiger partial charge in [0, 0.05) is 26.2 Å². The monoisotopic (exact) mass is 287 g/mol. The molecule has 0 atom stereocenters. The van der Waals surface area contributed by atoms with E-state index in [1.165, 1.54) is 25.3 Å². The van der Waals surface area contributed by atoms with E-state index in [-0.39, 0.29) is 17.5 Å². The maximum absolute atomic E-state index is 11.1. The number of carboxylic acids is 1. The molecule has 0 spiro atoms. The van der Waals surface area contributed by atoms with Crippen molar-refractivity contribution in [1.82, 2.24) is 24.9 Å². The number of rotatable bonds is 3. The molecule has 3 rings (SSSR count). The Morgan fingerprint density at radius 1 is 1.33 bits per heavy atom. The summed E-state index contributed by atoms with van der Waals surface area (Å²) in [5, 5.41) is 17.0. The topological polar surface area (TPSA) is 101 Å². The van der Waals surface area contributed by atoms with Gasteiger partial charge >= 0.3 is 5.97 Å². The van der Waals surface area contributed by atoms with Crippen molar-refractivity contribution >= 4 is 11.9 Å². The van der Waals surface area contributed by atoms with Gasteiger partial charge in [0.25, 0.3) is 0 Å². The van der Waals surface area contributed by atoms with Crippen LogP contribution >= 0.6 is 0 Å². The van der Waals surface area contributed by atoms with E-state index in [1.807, 2.05) is 0 Å². The minimum Gasteiger partial charge on any atom is -0.478 e. The van der Waals surface area contributed by atoms with Gasteiger partial charge in [0.05, 0.1) is 23.5 Å². The van der Waals surface area contributed by atoms with Gasteiger partial charge in [-0.25, -0.2) is 9.48 Å². The molecule has 0 bridgehead atoms. The van der Waals surface area contributed by atoms with Gasteiger partial charge in [-0.3, -0.25) is 9.78 Å². The molecule has 0 aliphatic carbocycles. The van der Waals surface area contributed by atoms with Crippen LogP contribution in [0, 0.1) is 0 Å². The standard InChI is InChI=1S/C13H13N5O3/c1-8(19)17-5-10(6-17)18-7-12(15-16-18)11-4-9(13(20)21)2-3-14-11/h2-4,7,10H,5-6H2,1H3,(H,20,21). The zero-order chi connectivity index (χ0) is 15.0. The SMILES string of the molecule is CC(=O)N1CC(n2cc(-c3cc(C(=O)O)ccn3)nn2)C1. The molecule has 1 fully saturated rings. The normalized spacial score (nSPS) is 14.8. The van der Waals surface area contributed by atoms with Crippen molar-refractivity contribution in [2.24, 2.45) is 0 Å². The fourth-order valence-corrected chi connectivity index (χ4v) is 2.16. The van der Waals surface area contributed by atoms with E-state index < -0.39 is 5.97 Å². The van der Waals surface area contributed by atoms with E-state index in [4.69, 9.17) is 5.11 Å². The van der Waals surface area contributed by atoms with Crippen molar-refractivity contribution in [2.45, 2.75) is 13.0 Å². The minimum atomic E-state index is -1.01. The Bertz CT molecular complexity index is 705. The number of carbonyl (C=O) groups excluding carboxylic acids is 1. The Kier molecular flexibility index (Phi) is 3.13. The molecule has 8 nitrogen and oxygen atoms in total. The molecule has 1 N–H and O–H groups in total. The molecule has 8 heteroatoms. The first kappa shape index (κ1) is 13.2. The summed E-state index contributed by atoms with van der Waals surface area (Å²) in [4.78, 5) is 27.9. The summed E-state index contributed by atoms with van der Waals surface area (Å²) in [6, 6.07) is 2.99. The van der Waals surface area contributed by atoms with Crippen LogP contribution in [0.15, 0.2) is 24.5 Å². The number of aromatic carboxylic acids is 1. The lowest BCUT2D eigenvalue weighted by atomic mass is 10.1. The average molecular weight is 287 g/mol. The minimum absolute atomic E-state index is 0.0439. The maximum atomic E-state index is 11.1. The highest BCUT2D eigenvalue weighted by Crippen LogP contribution is 2.22. The molecule has 2 aromatic rings. The first-order valence-corrected chi connectivity index (χ1v) is 6.41. The van der Waals surface area contributed by atoms with E-state index in [2.05, 4.69) is 15.3 Å². The predicted octanol–water partition coefficient (Wildman–Crippen LogP) is 0.441. The van der Waals surface area contributed by atoms with Gasteiger partial charge in [-0.2, -0.15) is 0 Å². The molecule has 1 saturated heterocycles. The van der Waals surface area contributed by atoms with Crippen LogP contribution in [0.25, 0.3) is 11.4 Å². The van der Waals surface area contributed by atoms with E-state index in [1.54, 1.807) is 15.8 Å². The highest BCUT2D eigenvalue weighted by atomic mass is 16.4. The van der Waals surface area contributed by atoms with Crippen molar-refractivity contribution in [3.8, 4) is 11.4 Å². The molecule has 1 aliphatic rings. The highest BCUT2D eigenvalue weighted by Gasteiger charge is 2.30. The number of likely N-dealkylation sites (tertiary alicyclic amines) is 1. The number of amides is 1. The Hall–Kier alpha value is -2.77. The van der Waals surface area contributed by atoms with E-state index in [0.29, 0.717) is 24.5 Å². The van der Waals surface area contributed by atoms with Gasteiger partial charge < -0.3 is 10.0 Å². The molecular weight excluding hydrogens is 274 g/mol. The summed E-state index contributed by atoms with van der Waals surface area (Å²) in [6.07, 6.45) is 3.15. The Morgan fingerprint density at radius 3 is 2.76 bits per heavy atom. The van der Waals surface area contributed by atoms with Gasteiger partial charge in [0.2, 0.25) is 5.91 Å². The third-order valence-electron chi connectivity index (χ3n) is 3.46. The van der Waals surface area contributed by atoms with Crippen LogP contribution in [0.4, 0.5) is 0 Å². The lowest BCUT2D eigenvalue weighted by Gasteiger charge is -2.38. The third kappa shape index (κ3) is 2.47. The second-order valence-corrected chi connectivity index (χ2v) is 4.90. The lowest BCUT2D eigenvalue weighted by molar-refractivity contribution is -0.134. The summed E-state index contributed by atoms with van der Waals surface area (Å²) in [5.74, 6) is -0.968. The zero-order valence-electron chi connectivity index (χ0n) is 11.3. The van der Waals surface area contributed by atoms with Gasteiger partial charge in [-0.15, -0.1) is 5.10 Å². The summed E-state index contributed by atoms with van der Waals surface area (Å²) in [6.45, 7) is 2.76. The third-order valence-corrected chi connectivity index (χ3v) is 3.46. The summed E-state index contributed by atoms with van der Waals surface area (Å²) >= 11 is 0. The number of aromatic nitrogens is 4. The molecule has 0 saturated carbocycles. The van der Waals surface area contributed by atoms with Crippen molar-refractivity contribution in [2.75, 3.05) is 13.1 Å². The lowest BCUT2D eigenvalue weighted by Crippen LogP contribution is -2.50. The second-order valence-electron chi connectivity index (χ2n) is 4.90. The molecular formula is C13H13N5O3. The van der Waals surface area contributed by atoms with Gasteiger partial charge in [0.15, 0.2) is 0 Å². The number of carbonyl (C=O) groups is 2. The van der Waals surface area contributed by atoms with E-state index in [9.17, 15) is 9.59 Å². The molecule has 3 heterocycles. The van der Waals surface area contributed by atoms with Crippen LogP contribution in [0.2, 0.25) is 0 Å². The molecule has 108 valence electrons. The predicted molar refractivity (Wildman–Crippen MR) is 71.5 cm³/mol. The van der Waals surface area contributed by atoms with Gasteiger partial charge in [-0.1, -0.05) is 5.21 Å². The molecule has 0 unspecified atom stereocenters. The molecule has 21 heavy (non-hydrogen) atoms. The maximum Gasteiger partial charge on any atom is 0.335 e. The highest BCUT2D eigenvalue weighted by molar-refractivity contribution is 5.88. The van der Waals surface area contributed by atoms with Gasteiger partial charge in [0.1, 0.15) is 5.69 Å². The largest absolute Gasteiger partial charge is 0.478 e.